The lowest BCUT2D eigenvalue weighted by Crippen LogP contribution is -2.20. The summed E-state index contributed by atoms with van der Waals surface area (Å²) >= 11 is 0. The summed E-state index contributed by atoms with van der Waals surface area (Å²) in [7, 11) is 0. The Morgan fingerprint density at radius 3 is 1.89 bits per heavy atom. The summed E-state index contributed by atoms with van der Waals surface area (Å²) in [5, 5.41) is 8.59. The number of aromatic nitrogens is 4. The van der Waals surface area contributed by atoms with Crippen LogP contribution in [0, 0.1) is 0 Å². The van der Waals surface area contributed by atoms with Gasteiger partial charge in [-0.2, -0.15) is 10.2 Å². The van der Waals surface area contributed by atoms with Gasteiger partial charge in [-0.3, -0.25) is 0 Å². The number of hydrogen-bond donors (Lipinski definition) is 1. The molecular formula is C13H13N5. The van der Waals surface area contributed by atoms with Crippen molar-refractivity contribution < 1.29 is 0 Å². The summed E-state index contributed by atoms with van der Waals surface area (Å²) in [6, 6.07) is 11.5. The lowest BCUT2D eigenvalue weighted by molar-refractivity contribution is 0.419. The summed E-state index contributed by atoms with van der Waals surface area (Å²) in [5.74, 6) is 0. The second-order valence-electron chi connectivity index (χ2n) is 4.01. The fraction of sp³-hybridized carbons (Fsp3) is 0.0769. The Balaban J connectivity index is 2.08. The van der Waals surface area contributed by atoms with Crippen molar-refractivity contribution in [3.8, 4) is 0 Å². The highest BCUT2D eigenvalue weighted by Gasteiger charge is 2.15. The predicted molar refractivity (Wildman–Crippen MR) is 68.8 cm³/mol. The number of benzene rings is 1. The molecule has 0 aliphatic rings. The van der Waals surface area contributed by atoms with Crippen molar-refractivity contribution in [1.82, 2.24) is 19.6 Å². The van der Waals surface area contributed by atoms with Crippen molar-refractivity contribution in [2.24, 2.45) is 0 Å². The van der Waals surface area contributed by atoms with Gasteiger partial charge in [-0.15, -0.1) is 0 Å². The fourth-order valence-corrected chi connectivity index (χ4v) is 1.95. The van der Waals surface area contributed by atoms with Crippen molar-refractivity contribution in [2.75, 3.05) is 5.73 Å². The van der Waals surface area contributed by atoms with Gasteiger partial charge >= 0.3 is 0 Å². The Morgan fingerprint density at radius 2 is 1.44 bits per heavy atom. The third-order valence-corrected chi connectivity index (χ3v) is 2.79. The second kappa shape index (κ2) is 4.37. The molecule has 90 valence electrons. The number of anilines is 1. The highest BCUT2D eigenvalue weighted by atomic mass is 15.4. The first-order chi connectivity index (χ1) is 8.84. The van der Waals surface area contributed by atoms with Gasteiger partial charge in [0.15, 0.2) is 6.17 Å². The van der Waals surface area contributed by atoms with Crippen LogP contribution in [0.5, 0.6) is 0 Å². The largest absolute Gasteiger partial charge is 0.399 e. The van der Waals surface area contributed by atoms with Gasteiger partial charge in [0.1, 0.15) is 0 Å². The Morgan fingerprint density at radius 1 is 0.889 bits per heavy atom. The van der Waals surface area contributed by atoms with Gasteiger partial charge < -0.3 is 5.73 Å². The van der Waals surface area contributed by atoms with E-state index in [4.69, 9.17) is 5.73 Å². The maximum atomic E-state index is 5.72. The quantitative estimate of drug-likeness (QED) is 0.708. The van der Waals surface area contributed by atoms with E-state index in [-0.39, 0.29) is 6.17 Å². The summed E-state index contributed by atoms with van der Waals surface area (Å²) in [6.07, 6.45) is 7.27. The van der Waals surface area contributed by atoms with Gasteiger partial charge in [-0.05, 0) is 29.8 Å². The van der Waals surface area contributed by atoms with Crippen LogP contribution in [0.3, 0.4) is 0 Å². The minimum atomic E-state index is -0.0874. The number of rotatable bonds is 3. The van der Waals surface area contributed by atoms with Crippen molar-refractivity contribution in [3.63, 3.8) is 0 Å². The van der Waals surface area contributed by atoms with Gasteiger partial charge in [-0.1, -0.05) is 12.1 Å². The topological polar surface area (TPSA) is 61.7 Å². The van der Waals surface area contributed by atoms with Crippen LogP contribution in [0.2, 0.25) is 0 Å². The van der Waals surface area contributed by atoms with E-state index in [0.717, 1.165) is 11.3 Å². The highest BCUT2D eigenvalue weighted by molar-refractivity contribution is 5.40. The molecule has 3 aromatic rings. The minimum absolute atomic E-state index is 0.0874. The van der Waals surface area contributed by atoms with E-state index >= 15 is 0 Å². The van der Waals surface area contributed by atoms with Crippen LogP contribution in [0.4, 0.5) is 5.69 Å². The zero-order valence-corrected chi connectivity index (χ0v) is 9.72. The standard InChI is InChI=1S/C13H13N5/c14-12-5-3-11(4-6-12)13(17-9-1-7-15-17)18-10-2-8-16-18/h1-10,13H,14H2. The van der Waals surface area contributed by atoms with Gasteiger partial charge in [0, 0.05) is 30.5 Å². The molecule has 0 amide bonds. The van der Waals surface area contributed by atoms with E-state index < -0.39 is 0 Å². The Hall–Kier alpha value is -2.56. The molecule has 0 saturated carbocycles. The molecule has 0 unspecified atom stereocenters. The number of nitrogens with zero attached hydrogens (tertiary/aromatic N) is 4. The van der Waals surface area contributed by atoms with Crippen LogP contribution in [-0.2, 0) is 0 Å². The molecule has 0 radical (unpaired) electrons. The molecule has 0 bridgehead atoms. The van der Waals surface area contributed by atoms with E-state index in [1.807, 2.05) is 58.2 Å². The average Bonchev–Trinajstić information content (AvgIpc) is 3.06. The lowest BCUT2D eigenvalue weighted by atomic mass is 10.1. The molecule has 0 aliphatic heterocycles. The smallest absolute Gasteiger partial charge is 0.168 e. The minimum Gasteiger partial charge on any atom is -0.399 e. The molecule has 0 saturated heterocycles. The van der Waals surface area contributed by atoms with Crippen LogP contribution in [0.25, 0.3) is 0 Å². The second-order valence-corrected chi connectivity index (χ2v) is 4.01. The van der Waals surface area contributed by atoms with E-state index in [9.17, 15) is 0 Å². The zero-order valence-electron chi connectivity index (χ0n) is 9.72. The fourth-order valence-electron chi connectivity index (χ4n) is 1.95. The first-order valence-electron chi connectivity index (χ1n) is 5.68. The van der Waals surface area contributed by atoms with Gasteiger partial charge in [0.05, 0.1) is 0 Å². The maximum Gasteiger partial charge on any atom is 0.168 e. The third-order valence-electron chi connectivity index (χ3n) is 2.79. The predicted octanol–water partition coefficient (Wildman–Crippen LogP) is 1.76. The molecule has 18 heavy (non-hydrogen) atoms. The molecule has 0 spiro atoms. The molecule has 0 fully saturated rings. The van der Waals surface area contributed by atoms with Crippen LogP contribution < -0.4 is 5.73 Å². The van der Waals surface area contributed by atoms with Crippen LogP contribution in [-0.4, -0.2) is 19.6 Å². The zero-order chi connectivity index (χ0) is 12.4. The first kappa shape index (κ1) is 10.6. The monoisotopic (exact) mass is 239 g/mol. The van der Waals surface area contributed by atoms with E-state index in [1.54, 1.807) is 12.4 Å². The molecule has 0 atom stereocenters. The summed E-state index contributed by atoms with van der Waals surface area (Å²) in [6.45, 7) is 0. The highest BCUT2D eigenvalue weighted by Crippen LogP contribution is 2.20. The van der Waals surface area contributed by atoms with E-state index in [2.05, 4.69) is 10.2 Å². The SMILES string of the molecule is Nc1ccc(C(n2cccn2)n2cccn2)cc1. The Kier molecular flexibility index (Phi) is 2.57. The summed E-state index contributed by atoms with van der Waals surface area (Å²) in [4.78, 5) is 0. The number of nitrogens with two attached hydrogens (primary N) is 1. The molecule has 3 rings (SSSR count). The normalized spacial score (nSPS) is 10.9. The number of nitrogen functional groups attached to an aromatic ring is 1. The summed E-state index contributed by atoms with van der Waals surface area (Å²) < 4.78 is 3.72. The van der Waals surface area contributed by atoms with Gasteiger partial charge in [0.25, 0.3) is 0 Å². The van der Waals surface area contributed by atoms with Crippen molar-refractivity contribution in [3.05, 3.63) is 66.7 Å². The Bertz CT molecular complexity index is 561. The van der Waals surface area contributed by atoms with Gasteiger partial charge in [0.2, 0.25) is 0 Å². The lowest BCUT2D eigenvalue weighted by Gasteiger charge is -2.18. The molecule has 0 aliphatic carbocycles. The first-order valence-corrected chi connectivity index (χ1v) is 5.68. The molecule has 2 heterocycles. The van der Waals surface area contributed by atoms with Crippen LogP contribution >= 0.6 is 0 Å². The average molecular weight is 239 g/mol. The van der Waals surface area contributed by atoms with Gasteiger partial charge in [-0.25, -0.2) is 9.36 Å². The molecule has 2 aromatic heterocycles. The molecule has 1 aromatic carbocycles. The molecule has 2 N–H and O–H groups in total. The van der Waals surface area contributed by atoms with Crippen molar-refractivity contribution >= 4 is 5.69 Å². The Labute approximate surface area is 104 Å². The van der Waals surface area contributed by atoms with Crippen molar-refractivity contribution in [1.29, 1.82) is 0 Å². The molecule has 5 heteroatoms. The van der Waals surface area contributed by atoms with Crippen LogP contribution in [0.1, 0.15) is 11.7 Å². The third kappa shape index (κ3) is 1.86. The molecule has 5 nitrogen and oxygen atoms in total. The van der Waals surface area contributed by atoms with Crippen molar-refractivity contribution in [2.45, 2.75) is 6.17 Å². The van der Waals surface area contributed by atoms with E-state index in [1.165, 1.54) is 0 Å². The van der Waals surface area contributed by atoms with E-state index in [0.29, 0.717) is 0 Å². The molecular weight excluding hydrogens is 226 g/mol. The van der Waals surface area contributed by atoms with Crippen LogP contribution in [0.15, 0.2) is 61.2 Å². The number of hydrogen-bond acceptors (Lipinski definition) is 3. The summed E-state index contributed by atoms with van der Waals surface area (Å²) in [5.41, 5.74) is 7.55. The maximum absolute atomic E-state index is 5.72.